The Morgan fingerprint density at radius 1 is 0.882 bits per heavy atom. The van der Waals surface area contributed by atoms with Crippen LogP contribution in [0, 0.1) is 20.8 Å². The molecule has 0 saturated carbocycles. The smallest absolute Gasteiger partial charge is 0.126 e. The molecule has 0 aliphatic heterocycles. The van der Waals surface area contributed by atoms with Gasteiger partial charge in [-0.15, -0.1) is 0 Å². The highest BCUT2D eigenvalue weighted by Crippen LogP contribution is 2.32. The van der Waals surface area contributed by atoms with E-state index in [2.05, 4.69) is 57.2 Å². The molecule has 2 rings (SSSR count). The molecule has 88 valence electrons. The van der Waals surface area contributed by atoms with E-state index in [0.29, 0.717) is 0 Å². The Kier molecular flexibility index (Phi) is 3.19. The van der Waals surface area contributed by atoms with Gasteiger partial charge in [0, 0.05) is 5.56 Å². The highest BCUT2D eigenvalue weighted by Gasteiger charge is 2.08. The first-order chi connectivity index (χ1) is 8.11. The third kappa shape index (κ3) is 2.33. The van der Waals surface area contributed by atoms with Crippen molar-refractivity contribution >= 4 is 0 Å². The molecule has 0 radical (unpaired) electrons. The van der Waals surface area contributed by atoms with Gasteiger partial charge < -0.3 is 4.74 Å². The lowest BCUT2D eigenvalue weighted by Gasteiger charge is -2.12. The van der Waals surface area contributed by atoms with Crippen molar-refractivity contribution in [2.45, 2.75) is 20.8 Å². The number of hydrogen-bond donors (Lipinski definition) is 0. The summed E-state index contributed by atoms with van der Waals surface area (Å²) in [6, 6.07) is 12.8. The van der Waals surface area contributed by atoms with Crippen LogP contribution in [0.3, 0.4) is 0 Å². The highest BCUT2D eigenvalue weighted by molar-refractivity contribution is 5.72. The zero-order chi connectivity index (χ0) is 12.4. The van der Waals surface area contributed by atoms with Crippen LogP contribution in [0.2, 0.25) is 0 Å². The summed E-state index contributed by atoms with van der Waals surface area (Å²) in [5.41, 5.74) is 6.20. The summed E-state index contributed by atoms with van der Waals surface area (Å²) >= 11 is 0. The average molecular weight is 226 g/mol. The number of aryl methyl sites for hydroxylation is 3. The van der Waals surface area contributed by atoms with Gasteiger partial charge in [-0.1, -0.05) is 29.8 Å². The standard InChI is InChI=1S/C16H18O/c1-11-6-5-7-14(8-11)15-9-12(2)13(3)10-16(15)17-4/h5-10H,1-4H3. The van der Waals surface area contributed by atoms with E-state index >= 15 is 0 Å². The Morgan fingerprint density at radius 3 is 2.24 bits per heavy atom. The summed E-state index contributed by atoms with van der Waals surface area (Å²) in [5, 5.41) is 0. The molecule has 0 aliphatic rings. The van der Waals surface area contributed by atoms with Gasteiger partial charge in [0.2, 0.25) is 0 Å². The third-order valence-electron chi connectivity index (χ3n) is 3.14. The summed E-state index contributed by atoms with van der Waals surface area (Å²) in [6.07, 6.45) is 0. The van der Waals surface area contributed by atoms with Gasteiger partial charge in [-0.05, 0) is 49.6 Å². The number of ether oxygens (including phenoxy) is 1. The molecule has 0 amide bonds. The van der Waals surface area contributed by atoms with Gasteiger partial charge in [0.15, 0.2) is 0 Å². The summed E-state index contributed by atoms with van der Waals surface area (Å²) in [6.45, 7) is 6.35. The van der Waals surface area contributed by atoms with Crippen LogP contribution in [0.5, 0.6) is 5.75 Å². The van der Waals surface area contributed by atoms with Crippen LogP contribution in [0.25, 0.3) is 11.1 Å². The lowest BCUT2D eigenvalue weighted by molar-refractivity contribution is 0.416. The Labute approximate surface area is 103 Å². The Balaban J connectivity index is 2.62. The fourth-order valence-electron chi connectivity index (χ4n) is 2.00. The first-order valence-corrected chi connectivity index (χ1v) is 5.84. The van der Waals surface area contributed by atoms with Crippen molar-refractivity contribution < 1.29 is 4.74 Å². The van der Waals surface area contributed by atoms with E-state index in [0.717, 1.165) is 5.75 Å². The van der Waals surface area contributed by atoms with E-state index < -0.39 is 0 Å². The van der Waals surface area contributed by atoms with Gasteiger partial charge in [0.1, 0.15) is 5.75 Å². The molecular formula is C16H18O. The fraction of sp³-hybridized carbons (Fsp3) is 0.250. The van der Waals surface area contributed by atoms with Crippen molar-refractivity contribution in [2.75, 3.05) is 7.11 Å². The van der Waals surface area contributed by atoms with Crippen LogP contribution in [0.4, 0.5) is 0 Å². The van der Waals surface area contributed by atoms with E-state index in [1.807, 2.05) is 0 Å². The summed E-state index contributed by atoms with van der Waals surface area (Å²) in [5.74, 6) is 0.943. The van der Waals surface area contributed by atoms with Gasteiger partial charge in [-0.25, -0.2) is 0 Å². The van der Waals surface area contributed by atoms with Crippen molar-refractivity contribution in [3.05, 3.63) is 53.1 Å². The van der Waals surface area contributed by atoms with Gasteiger partial charge >= 0.3 is 0 Å². The summed E-state index contributed by atoms with van der Waals surface area (Å²) in [7, 11) is 1.73. The molecule has 0 bridgehead atoms. The number of hydrogen-bond acceptors (Lipinski definition) is 1. The van der Waals surface area contributed by atoms with Crippen LogP contribution < -0.4 is 4.74 Å². The monoisotopic (exact) mass is 226 g/mol. The van der Waals surface area contributed by atoms with Gasteiger partial charge in [0.25, 0.3) is 0 Å². The molecule has 2 aromatic rings. The Hall–Kier alpha value is -1.76. The zero-order valence-electron chi connectivity index (χ0n) is 10.9. The molecule has 0 unspecified atom stereocenters. The molecule has 1 heteroatoms. The predicted molar refractivity (Wildman–Crippen MR) is 72.6 cm³/mol. The average Bonchev–Trinajstić information content (AvgIpc) is 2.32. The molecule has 0 saturated heterocycles. The van der Waals surface area contributed by atoms with E-state index in [1.54, 1.807) is 7.11 Å². The highest BCUT2D eigenvalue weighted by atomic mass is 16.5. The topological polar surface area (TPSA) is 9.23 Å². The lowest BCUT2D eigenvalue weighted by atomic mass is 9.98. The van der Waals surface area contributed by atoms with Crippen molar-refractivity contribution in [1.82, 2.24) is 0 Å². The number of rotatable bonds is 2. The Bertz CT molecular complexity index is 541. The largest absolute Gasteiger partial charge is 0.496 e. The molecule has 1 nitrogen and oxygen atoms in total. The molecule has 0 fully saturated rings. The molecule has 0 N–H and O–H groups in total. The SMILES string of the molecule is COc1cc(C)c(C)cc1-c1cccc(C)c1. The second kappa shape index (κ2) is 4.62. The molecule has 0 heterocycles. The van der Waals surface area contributed by atoms with E-state index in [4.69, 9.17) is 4.74 Å². The molecular weight excluding hydrogens is 208 g/mol. The maximum Gasteiger partial charge on any atom is 0.126 e. The second-order valence-corrected chi connectivity index (χ2v) is 4.51. The molecule has 0 spiro atoms. The van der Waals surface area contributed by atoms with Crippen LogP contribution >= 0.6 is 0 Å². The number of methoxy groups -OCH3 is 1. The maximum absolute atomic E-state index is 5.48. The molecule has 17 heavy (non-hydrogen) atoms. The van der Waals surface area contributed by atoms with E-state index in [-0.39, 0.29) is 0 Å². The van der Waals surface area contributed by atoms with Crippen LogP contribution in [-0.4, -0.2) is 7.11 Å². The number of benzene rings is 2. The fourth-order valence-corrected chi connectivity index (χ4v) is 2.00. The summed E-state index contributed by atoms with van der Waals surface area (Å²) in [4.78, 5) is 0. The van der Waals surface area contributed by atoms with Gasteiger partial charge in [-0.3, -0.25) is 0 Å². The quantitative estimate of drug-likeness (QED) is 0.742. The van der Waals surface area contributed by atoms with E-state index in [1.165, 1.54) is 27.8 Å². The van der Waals surface area contributed by atoms with Crippen molar-refractivity contribution in [2.24, 2.45) is 0 Å². The minimum atomic E-state index is 0.943. The maximum atomic E-state index is 5.48. The summed E-state index contributed by atoms with van der Waals surface area (Å²) < 4.78 is 5.48. The van der Waals surface area contributed by atoms with Crippen molar-refractivity contribution in [3.63, 3.8) is 0 Å². The molecule has 0 atom stereocenters. The lowest BCUT2D eigenvalue weighted by Crippen LogP contribution is -1.91. The minimum Gasteiger partial charge on any atom is -0.496 e. The normalized spacial score (nSPS) is 10.4. The molecule has 0 aliphatic carbocycles. The van der Waals surface area contributed by atoms with Gasteiger partial charge in [-0.2, -0.15) is 0 Å². The van der Waals surface area contributed by atoms with Crippen LogP contribution in [0.15, 0.2) is 36.4 Å². The predicted octanol–water partition coefficient (Wildman–Crippen LogP) is 4.29. The van der Waals surface area contributed by atoms with Crippen molar-refractivity contribution in [3.8, 4) is 16.9 Å². The van der Waals surface area contributed by atoms with E-state index in [9.17, 15) is 0 Å². The van der Waals surface area contributed by atoms with Gasteiger partial charge in [0.05, 0.1) is 7.11 Å². The molecule has 0 aromatic heterocycles. The van der Waals surface area contributed by atoms with Crippen LogP contribution in [0.1, 0.15) is 16.7 Å². The zero-order valence-corrected chi connectivity index (χ0v) is 10.9. The minimum absolute atomic E-state index is 0.943. The van der Waals surface area contributed by atoms with Crippen molar-refractivity contribution in [1.29, 1.82) is 0 Å². The third-order valence-corrected chi connectivity index (χ3v) is 3.14. The molecule has 2 aromatic carbocycles. The first-order valence-electron chi connectivity index (χ1n) is 5.84. The second-order valence-electron chi connectivity index (χ2n) is 4.51. The van der Waals surface area contributed by atoms with Crippen LogP contribution in [-0.2, 0) is 0 Å². The first kappa shape index (κ1) is 11.7. The Morgan fingerprint density at radius 2 is 1.59 bits per heavy atom.